The summed E-state index contributed by atoms with van der Waals surface area (Å²) in [6, 6.07) is 12.4. The molecule has 0 radical (unpaired) electrons. The largest absolute Gasteiger partial charge is 0.480 e. The third kappa shape index (κ3) is 6.59. The summed E-state index contributed by atoms with van der Waals surface area (Å²) in [4.78, 5) is 40.0. The summed E-state index contributed by atoms with van der Waals surface area (Å²) in [6.45, 7) is 4.55. The Morgan fingerprint density at radius 3 is 2.73 bits per heavy atom. The van der Waals surface area contributed by atoms with E-state index in [2.05, 4.69) is 43.0 Å². The number of aryl methyl sites for hydroxylation is 1. The number of carboxylic acid groups (broad SMARTS) is 1. The van der Waals surface area contributed by atoms with Crippen LogP contribution >= 0.6 is 0 Å². The number of alkyl carbamates (subject to hydrolysis) is 1. The molecular weight excluding hydrogens is 510 g/mol. The van der Waals surface area contributed by atoms with Crippen molar-refractivity contribution in [2.24, 2.45) is 0 Å². The van der Waals surface area contributed by atoms with Gasteiger partial charge in [-0.25, -0.2) is 24.5 Å². The number of anilines is 3. The van der Waals surface area contributed by atoms with Crippen molar-refractivity contribution in [3.8, 4) is 0 Å². The van der Waals surface area contributed by atoms with Crippen molar-refractivity contribution in [2.75, 3.05) is 41.7 Å². The number of rotatable bonds is 9. The van der Waals surface area contributed by atoms with Crippen LogP contribution in [0, 0.1) is 6.92 Å². The van der Waals surface area contributed by atoms with Crippen LogP contribution in [0.2, 0.25) is 0 Å². The topological polar surface area (TPSA) is 142 Å². The lowest BCUT2D eigenvalue weighted by Crippen LogP contribution is -2.45. The molecule has 40 heavy (non-hydrogen) atoms. The van der Waals surface area contributed by atoms with E-state index in [-0.39, 0.29) is 13.2 Å². The van der Waals surface area contributed by atoms with Gasteiger partial charge in [0.2, 0.25) is 0 Å². The number of aliphatic carboxylic acids is 1. The second-order valence-electron chi connectivity index (χ2n) is 10.2. The number of fused-ring (bicyclic) bond motifs is 1. The van der Waals surface area contributed by atoms with Crippen molar-refractivity contribution in [1.82, 2.24) is 20.3 Å². The molecule has 1 unspecified atom stereocenters. The number of benzene rings is 1. The maximum absolute atomic E-state index is 12.2. The Bertz CT molecular complexity index is 1330. The highest BCUT2D eigenvalue weighted by molar-refractivity contribution is 5.80. The number of piperidine rings is 1. The van der Waals surface area contributed by atoms with Crippen LogP contribution < -0.4 is 20.9 Å². The summed E-state index contributed by atoms with van der Waals surface area (Å²) < 4.78 is 5.17. The predicted molar refractivity (Wildman–Crippen MR) is 152 cm³/mol. The summed E-state index contributed by atoms with van der Waals surface area (Å²) in [5, 5.41) is 18.5. The number of hydrogen-bond donors (Lipinski definition) is 4. The molecule has 3 aromatic rings. The normalized spacial score (nSPS) is 15.9. The molecule has 1 fully saturated rings. The lowest BCUT2D eigenvalue weighted by atomic mass is 9.92. The first-order valence-corrected chi connectivity index (χ1v) is 13.7. The van der Waals surface area contributed by atoms with Crippen LogP contribution in [-0.4, -0.2) is 64.3 Å². The van der Waals surface area contributed by atoms with Crippen LogP contribution in [0.3, 0.4) is 0 Å². The van der Waals surface area contributed by atoms with E-state index in [9.17, 15) is 14.7 Å². The third-order valence-electron chi connectivity index (χ3n) is 7.46. The van der Waals surface area contributed by atoms with Gasteiger partial charge in [0.25, 0.3) is 0 Å². The van der Waals surface area contributed by atoms with Gasteiger partial charge >= 0.3 is 12.1 Å². The molecule has 11 nitrogen and oxygen atoms in total. The second kappa shape index (κ2) is 12.6. The molecule has 1 aromatic carbocycles. The van der Waals surface area contributed by atoms with Crippen molar-refractivity contribution < 1.29 is 19.4 Å². The summed E-state index contributed by atoms with van der Waals surface area (Å²) in [7, 11) is 0. The quantitative estimate of drug-likeness (QED) is 0.314. The molecule has 2 aliphatic heterocycles. The van der Waals surface area contributed by atoms with E-state index in [1.807, 2.05) is 37.3 Å². The van der Waals surface area contributed by atoms with E-state index in [1.54, 1.807) is 0 Å². The number of hydrogen-bond acceptors (Lipinski definition) is 9. The number of pyridine rings is 1. The molecule has 5 rings (SSSR count). The number of amides is 1. The molecule has 1 atom stereocenters. The Balaban J connectivity index is 1.15. The Kier molecular flexibility index (Phi) is 8.58. The molecule has 4 N–H and O–H groups in total. The van der Waals surface area contributed by atoms with Crippen LogP contribution in [0.5, 0.6) is 0 Å². The number of ether oxygens (including phenoxy) is 1. The number of carboxylic acids is 1. The van der Waals surface area contributed by atoms with Crippen LogP contribution in [0.25, 0.3) is 0 Å². The van der Waals surface area contributed by atoms with Crippen molar-refractivity contribution in [3.05, 3.63) is 71.2 Å². The Morgan fingerprint density at radius 1 is 1.15 bits per heavy atom. The van der Waals surface area contributed by atoms with Gasteiger partial charge in [-0.2, -0.15) is 0 Å². The number of carbonyl (C=O) groups excluding carboxylic acids is 1. The molecule has 4 heterocycles. The maximum atomic E-state index is 12.2. The number of nitrogens with one attached hydrogen (secondary N) is 3. The average Bonchev–Trinajstić information content (AvgIpc) is 2.99. The molecular formula is C29H35N7O4. The first-order chi connectivity index (χ1) is 19.5. The van der Waals surface area contributed by atoms with E-state index in [1.165, 1.54) is 11.9 Å². The maximum Gasteiger partial charge on any atom is 0.408 e. The molecule has 210 valence electrons. The minimum Gasteiger partial charge on any atom is -0.480 e. The zero-order valence-corrected chi connectivity index (χ0v) is 22.6. The standard InChI is InChI=1S/C29H35N7O4/c1-19-25(31-16-24(28(37)38)35-29(39)40-17-20-6-3-2-4-7-20)32-18-33-27(19)36-14-11-21(12-15-36)23-10-9-22-8-5-13-30-26(22)34-23/h2-4,6-7,9-10,18,21,24H,5,8,11-17H2,1H3,(H,30,34)(H,35,39)(H,37,38)(H,31,32,33). The summed E-state index contributed by atoms with van der Waals surface area (Å²) >= 11 is 0. The second-order valence-corrected chi connectivity index (χ2v) is 10.2. The molecule has 0 saturated carbocycles. The fourth-order valence-corrected chi connectivity index (χ4v) is 5.20. The highest BCUT2D eigenvalue weighted by Gasteiger charge is 2.26. The van der Waals surface area contributed by atoms with Crippen LogP contribution in [0.15, 0.2) is 48.8 Å². The highest BCUT2D eigenvalue weighted by Crippen LogP contribution is 2.33. The monoisotopic (exact) mass is 545 g/mol. The zero-order valence-electron chi connectivity index (χ0n) is 22.6. The van der Waals surface area contributed by atoms with E-state index in [0.717, 1.165) is 73.8 Å². The summed E-state index contributed by atoms with van der Waals surface area (Å²) in [6.07, 6.45) is 4.84. The van der Waals surface area contributed by atoms with Gasteiger partial charge in [0.1, 0.15) is 36.4 Å². The van der Waals surface area contributed by atoms with Gasteiger partial charge in [-0.05, 0) is 49.8 Å². The van der Waals surface area contributed by atoms with E-state index in [0.29, 0.717) is 11.7 Å². The van der Waals surface area contributed by atoms with Gasteiger partial charge in [0.15, 0.2) is 0 Å². The Hall–Kier alpha value is -4.41. The Labute approximate surface area is 233 Å². The summed E-state index contributed by atoms with van der Waals surface area (Å²) in [5.41, 5.74) is 4.08. The van der Waals surface area contributed by atoms with Crippen LogP contribution in [-0.2, 0) is 22.6 Å². The minimum atomic E-state index is -1.20. The molecule has 1 saturated heterocycles. The number of aromatic nitrogens is 3. The molecule has 1 amide bonds. The van der Waals surface area contributed by atoms with Crippen molar-refractivity contribution in [1.29, 1.82) is 0 Å². The van der Waals surface area contributed by atoms with Crippen LogP contribution in [0.1, 0.15) is 47.6 Å². The van der Waals surface area contributed by atoms with Gasteiger partial charge in [-0.3, -0.25) is 0 Å². The highest BCUT2D eigenvalue weighted by atomic mass is 16.5. The third-order valence-corrected chi connectivity index (χ3v) is 7.46. The molecule has 0 spiro atoms. The number of carbonyl (C=O) groups is 2. The predicted octanol–water partition coefficient (Wildman–Crippen LogP) is 3.71. The van der Waals surface area contributed by atoms with E-state index in [4.69, 9.17) is 9.72 Å². The lowest BCUT2D eigenvalue weighted by molar-refractivity contribution is -0.139. The van der Waals surface area contributed by atoms with Gasteiger partial charge in [-0.1, -0.05) is 36.4 Å². The van der Waals surface area contributed by atoms with E-state index < -0.39 is 18.1 Å². The fourth-order valence-electron chi connectivity index (χ4n) is 5.20. The van der Waals surface area contributed by atoms with Crippen molar-refractivity contribution in [3.63, 3.8) is 0 Å². The fraction of sp³-hybridized carbons (Fsp3) is 0.414. The zero-order chi connectivity index (χ0) is 27.9. The van der Waals surface area contributed by atoms with Gasteiger partial charge < -0.3 is 30.7 Å². The lowest BCUT2D eigenvalue weighted by Gasteiger charge is -2.34. The SMILES string of the molecule is Cc1c(NCC(NC(=O)OCc2ccccc2)C(=O)O)ncnc1N1CCC(c2ccc3c(n2)NCCC3)CC1. The van der Waals surface area contributed by atoms with Crippen LogP contribution in [0.4, 0.5) is 22.2 Å². The molecule has 2 aromatic heterocycles. The van der Waals surface area contributed by atoms with E-state index >= 15 is 0 Å². The number of nitrogens with zero attached hydrogens (tertiary/aromatic N) is 4. The molecule has 0 bridgehead atoms. The molecule has 0 aliphatic carbocycles. The molecule has 2 aliphatic rings. The first-order valence-electron chi connectivity index (χ1n) is 13.7. The first kappa shape index (κ1) is 27.2. The average molecular weight is 546 g/mol. The minimum absolute atomic E-state index is 0.0525. The smallest absolute Gasteiger partial charge is 0.408 e. The Morgan fingerprint density at radius 2 is 1.95 bits per heavy atom. The summed E-state index contributed by atoms with van der Waals surface area (Å²) in [5.74, 6) is 1.60. The van der Waals surface area contributed by atoms with Gasteiger partial charge in [0.05, 0.1) is 0 Å². The van der Waals surface area contributed by atoms with Crippen molar-refractivity contribution in [2.45, 2.75) is 51.2 Å². The van der Waals surface area contributed by atoms with Gasteiger partial charge in [0, 0.05) is 43.4 Å². The molecule has 11 heteroatoms. The van der Waals surface area contributed by atoms with Gasteiger partial charge in [-0.15, -0.1) is 0 Å². The van der Waals surface area contributed by atoms with Crippen molar-refractivity contribution >= 4 is 29.5 Å².